The molecule has 182 valence electrons. The number of ether oxygens (including phenoxy) is 1. The summed E-state index contributed by atoms with van der Waals surface area (Å²) in [6.07, 6.45) is 8.23. The maximum atomic E-state index is 11.0. The zero-order chi connectivity index (χ0) is 24.2. The van der Waals surface area contributed by atoms with E-state index in [9.17, 15) is 15.0 Å². The van der Waals surface area contributed by atoms with Crippen molar-refractivity contribution in [3.63, 3.8) is 0 Å². The molecule has 0 radical (unpaired) electrons. The SMILES string of the molecule is CCCCCC(O)c1ccc(C2=C(CO)CCC2C)cc1.CCCc1ccc(C(=O)OC)s1. The minimum atomic E-state index is -0.349. The second-order valence-corrected chi connectivity index (χ2v) is 9.92. The van der Waals surface area contributed by atoms with Gasteiger partial charge in [0, 0.05) is 4.88 Å². The molecule has 1 aliphatic rings. The van der Waals surface area contributed by atoms with Crippen molar-refractivity contribution in [1.82, 2.24) is 0 Å². The number of methoxy groups -OCH3 is 1. The third-order valence-corrected chi connectivity index (χ3v) is 7.30. The molecular formula is C28H40O4S. The number of rotatable bonds is 10. The van der Waals surface area contributed by atoms with E-state index in [2.05, 4.69) is 37.6 Å². The summed E-state index contributed by atoms with van der Waals surface area (Å²) in [6, 6.07) is 12.1. The van der Waals surface area contributed by atoms with Crippen LogP contribution < -0.4 is 0 Å². The zero-order valence-electron chi connectivity index (χ0n) is 20.6. The lowest BCUT2D eigenvalue weighted by molar-refractivity contribution is 0.0606. The van der Waals surface area contributed by atoms with E-state index in [4.69, 9.17) is 0 Å². The quantitative estimate of drug-likeness (QED) is 0.290. The number of aliphatic hydroxyl groups is 2. The van der Waals surface area contributed by atoms with E-state index in [-0.39, 0.29) is 18.7 Å². The van der Waals surface area contributed by atoms with Crippen LogP contribution in [0.15, 0.2) is 42.0 Å². The maximum Gasteiger partial charge on any atom is 0.348 e. The molecular weight excluding hydrogens is 432 g/mol. The molecule has 2 unspecified atom stereocenters. The molecule has 0 spiro atoms. The highest BCUT2D eigenvalue weighted by atomic mass is 32.1. The Labute approximate surface area is 203 Å². The fourth-order valence-corrected chi connectivity index (χ4v) is 5.31. The van der Waals surface area contributed by atoms with Gasteiger partial charge in [0.15, 0.2) is 0 Å². The minimum Gasteiger partial charge on any atom is -0.465 e. The molecule has 1 aliphatic carbocycles. The Morgan fingerprint density at radius 3 is 2.45 bits per heavy atom. The second-order valence-electron chi connectivity index (χ2n) is 8.76. The van der Waals surface area contributed by atoms with Crippen molar-refractivity contribution < 1.29 is 19.7 Å². The summed E-state index contributed by atoms with van der Waals surface area (Å²) < 4.78 is 4.60. The zero-order valence-corrected chi connectivity index (χ0v) is 21.4. The first kappa shape index (κ1) is 27.3. The number of carbonyl (C=O) groups is 1. The summed E-state index contributed by atoms with van der Waals surface area (Å²) >= 11 is 1.52. The molecule has 1 aromatic heterocycles. The van der Waals surface area contributed by atoms with Crippen LogP contribution in [0.4, 0.5) is 0 Å². The van der Waals surface area contributed by atoms with Gasteiger partial charge in [-0.3, -0.25) is 0 Å². The fourth-order valence-electron chi connectivity index (χ4n) is 4.28. The Hall–Kier alpha value is -1.95. The molecule has 0 bridgehead atoms. The number of aryl methyl sites for hydroxylation is 1. The van der Waals surface area contributed by atoms with Gasteiger partial charge in [0.05, 0.1) is 19.8 Å². The van der Waals surface area contributed by atoms with E-state index in [1.54, 1.807) is 0 Å². The largest absolute Gasteiger partial charge is 0.465 e. The average Bonchev–Trinajstić information content (AvgIpc) is 3.46. The molecule has 1 heterocycles. The lowest BCUT2D eigenvalue weighted by Gasteiger charge is -2.14. The topological polar surface area (TPSA) is 66.8 Å². The summed E-state index contributed by atoms with van der Waals surface area (Å²) in [7, 11) is 1.40. The van der Waals surface area contributed by atoms with Crippen LogP contribution in [0.2, 0.25) is 0 Å². The Morgan fingerprint density at radius 1 is 1.12 bits per heavy atom. The Morgan fingerprint density at radius 2 is 1.85 bits per heavy atom. The van der Waals surface area contributed by atoms with Crippen LogP contribution >= 0.6 is 11.3 Å². The van der Waals surface area contributed by atoms with Gasteiger partial charge < -0.3 is 14.9 Å². The molecule has 1 aromatic carbocycles. The maximum absolute atomic E-state index is 11.0. The van der Waals surface area contributed by atoms with Crippen LogP contribution in [0.5, 0.6) is 0 Å². The molecule has 33 heavy (non-hydrogen) atoms. The van der Waals surface area contributed by atoms with Gasteiger partial charge in [-0.2, -0.15) is 0 Å². The molecule has 2 aromatic rings. The Bertz CT molecular complexity index is 882. The minimum absolute atomic E-state index is 0.168. The van der Waals surface area contributed by atoms with E-state index < -0.39 is 0 Å². The summed E-state index contributed by atoms with van der Waals surface area (Å²) in [6.45, 7) is 6.69. The molecule has 5 heteroatoms. The van der Waals surface area contributed by atoms with E-state index in [0.29, 0.717) is 10.8 Å². The third kappa shape index (κ3) is 8.09. The molecule has 4 nitrogen and oxygen atoms in total. The van der Waals surface area contributed by atoms with Gasteiger partial charge in [-0.15, -0.1) is 11.3 Å². The molecule has 2 N–H and O–H groups in total. The van der Waals surface area contributed by atoms with Crippen LogP contribution in [0.1, 0.15) is 97.5 Å². The highest BCUT2D eigenvalue weighted by Gasteiger charge is 2.22. The van der Waals surface area contributed by atoms with E-state index in [0.717, 1.165) is 44.1 Å². The van der Waals surface area contributed by atoms with Crippen molar-refractivity contribution in [2.45, 2.75) is 78.2 Å². The normalized spacial score (nSPS) is 16.4. The van der Waals surface area contributed by atoms with E-state index in [1.807, 2.05) is 24.3 Å². The van der Waals surface area contributed by atoms with Gasteiger partial charge in [-0.05, 0) is 66.0 Å². The van der Waals surface area contributed by atoms with Crippen molar-refractivity contribution in [3.8, 4) is 0 Å². The van der Waals surface area contributed by atoms with Crippen LogP contribution in [0, 0.1) is 5.92 Å². The van der Waals surface area contributed by atoms with Gasteiger partial charge in [-0.1, -0.05) is 70.7 Å². The first-order valence-corrected chi connectivity index (χ1v) is 13.0. The van der Waals surface area contributed by atoms with Crippen molar-refractivity contribution in [2.75, 3.05) is 13.7 Å². The third-order valence-electron chi connectivity index (χ3n) is 6.18. The van der Waals surface area contributed by atoms with Crippen molar-refractivity contribution in [3.05, 3.63) is 62.9 Å². The van der Waals surface area contributed by atoms with Gasteiger partial charge in [-0.25, -0.2) is 4.79 Å². The first-order chi connectivity index (χ1) is 15.9. The molecule has 0 saturated heterocycles. The van der Waals surface area contributed by atoms with Gasteiger partial charge in [0.1, 0.15) is 4.88 Å². The average molecular weight is 473 g/mol. The van der Waals surface area contributed by atoms with E-state index in [1.165, 1.54) is 52.9 Å². The second kappa shape index (κ2) is 14.3. The van der Waals surface area contributed by atoms with Gasteiger partial charge >= 0.3 is 5.97 Å². The van der Waals surface area contributed by atoms with Crippen LogP contribution in [-0.2, 0) is 11.2 Å². The molecule has 3 rings (SSSR count). The van der Waals surface area contributed by atoms with Crippen LogP contribution in [0.3, 0.4) is 0 Å². The van der Waals surface area contributed by atoms with Crippen molar-refractivity contribution >= 4 is 22.9 Å². The molecule has 2 atom stereocenters. The number of carbonyl (C=O) groups excluding carboxylic acids is 1. The first-order valence-electron chi connectivity index (χ1n) is 12.2. The summed E-state index contributed by atoms with van der Waals surface area (Å²) in [5, 5.41) is 19.7. The van der Waals surface area contributed by atoms with Gasteiger partial charge in [0.2, 0.25) is 0 Å². The number of esters is 1. The Balaban J connectivity index is 0.000000273. The molecule has 0 aliphatic heterocycles. The number of benzene rings is 1. The molecule has 0 amide bonds. The number of hydrogen-bond donors (Lipinski definition) is 2. The summed E-state index contributed by atoms with van der Waals surface area (Å²) in [5.74, 6) is 0.287. The predicted molar refractivity (Wildman–Crippen MR) is 138 cm³/mol. The van der Waals surface area contributed by atoms with E-state index >= 15 is 0 Å². The predicted octanol–water partition coefficient (Wildman–Crippen LogP) is 6.96. The Kier molecular flexibility index (Phi) is 11.9. The van der Waals surface area contributed by atoms with Gasteiger partial charge in [0.25, 0.3) is 0 Å². The highest BCUT2D eigenvalue weighted by molar-refractivity contribution is 7.13. The van der Waals surface area contributed by atoms with Crippen LogP contribution in [0.25, 0.3) is 5.57 Å². The lowest BCUT2D eigenvalue weighted by Crippen LogP contribution is -1.99. The lowest BCUT2D eigenvalue weighted by atomic mass is 9.93. The highest BCUT2D eigenvalue weighted by Crippen LogP contribution is 2.38. The number of unbranched alkanes of at least 4 members (excludes halogenated alkanes) is 2. The standard InChI is InChI=1S/C19H28O2.C9H12O2S/c1-3-4-5-6-18(21)15-9-11-16(12-10-15)19-14(2)7-8-17(19)13-20;1-3-4-7-5-6-8(12-7)9(10)11-2/h9-12,14,18,20-21H,3-8,13H2,1-2H3;5-6H,3-4H2,1-2H3. The molecule has 0 saturated carbocycles. The number of hydrogen-bond acceptors (Lipinski definition) is 5. The molecule has 0 fully saturated rings. The fraction of sp³-hybridized carbons (Fsp3) is 0.536. The van der Waals surface area contributed by atoms with Crippen molar-refractivity contribution in [1.29, 1.82) is 0 Å². The number of thiophene rings is 1. The number of allylic oxidation sites excluding steroid dienone is 1. The smallest absolute Gasteiger partial charge is 0.348 e. The summed E-state index contributed by atoms with van der Waals surface area (Å²) in [4.78, 5) is 13.0. The van der Waals surface area contributed by atoms with Crippen molar-refractivity contribution in [2.24, 2.45) is 5.92 Å². The monoisotopic (exact) mass is 472 g/mol. The van der Waals surface area contributed by atoms with Crippen LogP contribution in [-0.4, -0.2) is 29.9 Å². The summed E-state index contributed by atoms with van der Waals surface area (Å²) in [5.41, 5.74) is 4.70. The number of aliphatic hydroxyl groups excluding tert-OH is 2.